The van der Waals surface area contributed by atoms with E-state index in [4.69, 9.17) is 8.92 Å². The van der Waals surface area contributed by atoms with Crippen molar-refractivity contribution in [2.24, 2.45) is 0 Å². The number of hydrogen-bond acceptors (Lipinski definition) is 6. The monoisotopic (exact) mass is 366 g/mol. The van der Waals surface area contributed by atoms with Crippen molar-refractivity contribution in [2.45, 2.75) is 58.1 Å². The fourth-order valence-corrected chi connectivity index (χ4v) is 3.16. The van der Waals surface area contributed by atoms with Gasteiger partial charge in [-0.1, -0.05) is 6.07 Å². The van der Waals surface area contributed by atoms with Crippen molar-refractivity contribution in [3.63, 3.8) is 0 Å². The van der Waals surface area contributed by atoms with E-state index in [1.54, 1.807) is 6.20 Å². The van der Waals surface area contributed by atoms with Crippen molar-refractivity contribution >= 4 is 24.1 Å². The van der Waals surface area contributed by atoms with Gasteiger partial charge in [0.2, 0.25) is 0 Å². The molecule has 6 nitrogen and oxygen atoms in total. The number of ether oxygens (including phenoxy) is 1. The van der Waals surface area contributed by atoms with E-state index in [1.807, 2.05) is 39.1 Å². The summed E-state index contributed by atoms with van der Waals surface area (Å²) in [5.74, 6) is 0.342. The Balaban J connectivity index is 1.71. The number of pyridine rings is 1. The molecule has 1 unspecified atom stereocenters. The summed E-state index contributed by atoms with van der Waals surface area (Å²) in [6.07, 6.45) is 6.33. The maximum Gasteiger partial charge on any atom is 0.411 e. The molecule has 0 radical (unpaired) electrons. The Bertz CT molecular complexity index is 574. The average molecular weight is 366 g/mol. The zero-order chi connectivity index (χ0) is 18.3. The molecule has 25 heavy (non-hydrogen) atoms. The normalized spacial score (nSPS) is 17.4. The fraction of sp³-hybridized carbons (Fsp3) is 0.611. The molecule has 0 bridgehead atoms. The molecular formula is C18H26N2O4S. The number of carbonyl (C=O) groups is 2. The smallest absolute Gasteiger partial charge is 0.411 e. The van der Waals surface area contributed by atoms with Crippen LogP contribution >= 0.6 is 12.0 Å². The zero-order valence-electron chi connectivity index (χ0n) is 15.1. The number of aryl methyl sites for hydroxylation is 1. The Morgan fingerprint density at radius 3 is 2.88 bits per heavy atom. The summed E-state index contributed by atoms with van der Waals surface area (Å²) < 4.78 is 10.6. The second kappa shape index (κ2) is 9.08. The molecule has 2 heterocycles. The van der Waals surface area contributed by atoms with Crippen molar-refractivity contribution in [1.29, 1.82) is 0 Å². The second-order valence-electron chi connectivity index (χ2n) is 7.02. The molecule has 1 aromatic rings. The minimum atomic E-state index is -0.574. The van der Waals surface area contributed by atoms with Crippen LogP contribution < -0.4 is 0 Å². The Kier molecular flexibility index (Phi) is 7.11. The third-order valence-electron chi connectivity index (χ3n) is 3.71. The van der Waals surface area contributed by atoms with Gasteiger partial charge >= 0.3 is 12.1 Å². The zero-order valence-corrected chi connectivity index (χ0v) is 15.9. The number of aromatic nitrogens is 1. The molecule has 0 aromatic carbocycles. The van der Waals surface area contributed by atoms with Gasteiger partial charge in [0.15, 0.2) is 0 Å². The van der Waals surface area contributed by atoms with Gasteiger partial charge < -0.3 is 8.92 Å². The van der Waals surface area contributed by atoms with Crippen LogP contribution in [0.3, 0.4) is 0 Å². The van der Waals surface area contributed by atoms with Crippen LogP contribution in [-0.4, -0.2) is 45.9 Å². The van der Waals surface area contributed by atoms with E-state index in [9.17, 15) is 9.59 Å². The molecule has 0 aliphatic carbocycles. The van der Waals surface area contributed by atoms with E-state index in [2.05, 4.69) is 4.98 Å². The van der Waals surface area contributed by atoms with Gasteiger partial charge in [0, 0.05) is 24.7 Å². The Morgan fingerprint density at radius 1 is 1.40 bits per heavy atom. The second-order valence-corrected chi connectivity index (χ2v) is 7.83. The first-order valence-electron chi connectivity index (χ1n) is 8.58. The molecular weight excluding hydrogens is 340 g/mol. The van der Waals surface area contributed by atoms with Crippen LogP contribution in [0.2, 0.25) is 0 Å². The molecule has 2 rings (SSSR count). The summed E-state index contributed by atoms with van der Waals surface area (Å²) in [7, 11) is 0. The lowest BCUT2D eigenvalue weighted by molar-refractivity contribution is -0.137. The highest BCUT2D eigenvalue weighted by Crippen LogP contribution is 2.23. The van der Waals surface area contributed by atoms with Gasteiger partial charge in [0.05, 0.1) is 12.0 Å². The van der Waals surface area contributed by atoms with Crippen LogP contribution in [-0.2, 0) is 20.1 Å². The van der Waals surface area contributed by atoms with E-state index in [0.29, 0.717) is 18.7 Å². The molecule has 1 aliphatic rings. The molecule has 0 spiro atoms. The summed E-state index contributed by atoms with van der Waals surface area (Å²) in [4.78, 5) is 30.0. The molecule has 138 valence electrons. The summed E-state index contributed by atoms with van der Waals surface area (Å²) in [6.45, 7) is 5.96. The Hall–Kier alpha value is -1.76. The number of hydrogen-bond donors (Lipinski definition) is 0. The minimum absolute atomic E-state index is 0.366. The van der Waals surface area contributed by atoms with Crippen LogP contribution in [0.4, 0.5) is 4.79 Å². The number of carbonyl (C=O) groups excluding carboxylic acids is 2. The lowest BCUT2D eigenvalue weighted by atomic mass is 10.2. The first kappa shape index (κ1) is 19.6. The third-order valence-corrected chi connectivity index (χ3v) is 4.45. The van der Waals surface area contributed by atoms with Crippen molar-refractivity contribution in [2.75, 3.05) is 12.3 Å². The lowest BCUT2D eigenvalue weighted by Crippen LogP contribution is -2.43. The number of rotatable bonds is 6. The minimum Gasteiger partial charge on any atom is -0.444 e. The van der Waals surface area contributed by atoms with Crippen molar-refractivity contribution in [3.8, 4) is 0 Å². The topological polar surface area (TPSA) is 68.7 Å². The maximum atomic E-state index is 12.3. The molecule has 1 aromatic heterocycles. The predicted octanol–water partition coefficient (Wildman–Crippen LogP) is 3.61. The molecule has 1 fully saturated rings. The summed E-state index contributed by atoms with van der Waals surface area (Å²) in [6, 6.07) is 3.40. The molecule has 0 saturated carbocycles. The third kappa shape index (κ3) is 6.57. The molecule has 1 saturated heterocycles. The molecule has 7 heteroatoms. The van der Waals surface area contributed by atoms with Crippen LogP contribution in [0.5, 0.6) is 0 Å². The van der Waals surface area contributed by atoms with Crippen LogP contribution in [0, 0.1) is 0 Å². The Labute approximate surface area is 153 Å². The van der Waals surface area contributed by atoms with Crippen molar-refractivity contribution < 1.29 is 18.5 Å². The molecule has 1 atom stereocenters. The van der Waals surface area contributed by atoms with Gasteiger partial charge in [-0.2, -0.15) is 0 Å². The van der Waals surface area contributed by atoms with Gasteiger partial charge in [-0.05, 0) is 58.1 Å². The summed E-state index contributed by atoms with van der Waals surface area (Å²) >= 11 is 1.15. The largest absolute Gasteiger partial charge is 0.444 e. The van der Waals surface area contributed by atoms with Crippen molar-refractivity contribution in [1.82, 2.24) is 9.88 Å². The number of likely N-dealkylation sites (tertiary alicyclic amines) is 1. The highest BCUT2D eigenvalue weighted by atomic mass is 32.2. The average Bonchev–Trinajstić information content (AvgIpc) is 3.03. The van der Waals surface area contributed by atoms with Gasteiger partial charge in [-0.15, -0.1) is 0 Å². The Morgan fingerprint density at radius 2 is 2.20 bits per heavy atom. The van der Waals surface area contributed by atoms with Gasteiger partial charge in [-0.3, -0.25) is 9.88 Å². The highest BCUT2D eigenvalue weighted by Gasteiger charge is 2.37. The fourth-order valence-electron chi connectivity index (χ4n) is 2.59. The summed E-state index contributed by atoms with van der Waals surface area (Å²) in [5.41, 5.74) is 0.594. The van der Waals surface area contributed by atoms with E-state index in [1.165, 1.54) is 10.5 Å². The quantitative estimate of drug-likeness (QED) is 0.566. The maximum absolute atomic E-state index is 12.3. The first-order valence-corrected chi connectivity index (χ1v) is 9.50. The van der Waals surface area contributed by atoms with Crippen LogP contribution in [0.25, 0.3) is 0 Å². The predicted molar refractivity (Wildman–Crippen MR) is 97.1 cm³/mol. The molecule has 1 aliphatic heterocycles. The van der Waals surface area contributed by atoms with Crippen LogP contribution in [0.15, 0.2) is 24.5 Å². The molecule has 0 N–H and O–H groups in total. The van der Waals surface area contributed by atoms with Crippen LogP contribution in [0.1, 0.15) is 45.6 Å². The van der Waals surface area contributed by atoms with E-state index >= 15 is 0 Å². The number of nitrogens with zero attached hydrogens (tertiary/aromatic N) is 2. The SMILES string of the molecule is CC(C)(C)OC(=O)N1CCCC1C(=O)OSCCCc1cccnc1. The standard InChI is InChI=1S/C18H26N2O4S/c1-18(2,3)23-17(22)20-11-5-9-15(20)16(21)24-25-12-6-8-14-7-4-10-19-13-14/h4,7,10,13,15H,5-6,8-9,11-12H2,1-3H3. The van der Waals surface area contributed by atoms with E-state index < -0.39 is 17.7 Å². The molecule has 1 amide bonds. The number of amides is 1. The first-order chi connectivity index (χ1) is 11.9. The van der Waals surface area contributed by atoms with Gasteiger partial charge in [-0.25, -0.2) is 9.59 Å². The van der Waals surface area contributed by atoms with Crippen molar-refractivity contribution in [3.05, 3.63) is 30.1 Å². The van der Waals surface area contributed by atoms with E-state index in [-0.39, 0.29) is 5.97 Å². The van der Waals surface area contributed by atoms with Gasteiger partial charge in [0.1, 0.15) is 11.6 Å². The van der Waals surface area contributed by atoms with E-state index in [0.717, 1.165) is 31.3 Å². The van der Waals surface area contributed by atoms with Gasteiger partial charge in [0.25, 0.3) is 0 Å². The lowest BCUT2D eigenvalue weighted by Gasteiger charge is -2.27. The highest BCUT2D eigenvalue weighted by molar-refractivity contribution is 7.95. The summed E-state index contributed by atoms with van der Waals surface area (Å²) in [5, 5.41) is 0.